The summed E-state index contributed by atoms with van der Waals surface area (Å²) < 4.78 is 51.0. The molecule has 0 aliphatic carbocycles. The molecule has 2 aromatic rings. The number of carboxylic acids is 1. The van der Waals surface area contributed by atoms with Crippen LogP contribution in [-0.4, -0.2) is 11.1 Å². The molecule has 0 saturated heterocycles. The fraction of sp³-hybridized carbons (Fsp3) is 0.0714. The van der Waals surface area contributed by atoms with Crippen LogP contribution in [0.2, 0.25) is 5.02 Å². The summed E-state index contributed by atoms with van der Waals surface area (Å²) in [6, 6.07) is 6.09. The lowest BCUT2D eigenvalue weighted by molar-refractivity contribution is -0.139. The van der Waals surface area contributed by atoms with Crippen molar-refractivity contribution in [3.8, 4) is 11.1 Å². The summed E-state index contributed by atoms with van der Waals surface area (Å²) in [6.07, 6.45) is -4.79. The number of aromatic carboxylic acids is 1. The Labute approximate surface area is 121 Å². The van der Waals surface area contributed by atoms with Gasteiger partial charge in [-0.3, -0.25) is 0 Å². The van der Waals surface area contributed by atoms with Gasteiger partial charge in [0, 0.05) is 5.02 Å². The standard InChI is InChI=1S/C14H7ClF4O2/c15-10-4-8(3-9(5-10)13(20)21)7-1-2-11(12(16)6-7)14(17,18)19/h1-6H,(H,20,21). The summed E-state index contributed by atoms with van der Waals surface area (Å²) in [5.41, 5.74) is -1.21. The maximum absolute atomic E-state index is 13.5. The second-order valence-corrected chi connectivity index (χ2v) is 4.66. The quantitative estimate of drug-likeness (QED) is 0.803. The zero-order valence-corrected chi connectivity index (χ0v) is 11.0. The van der Waals surface area contributed by atoms with E-state index < -0.39 is 23.5 Å². The highest BCUT2D eigenvalue weighted by Gasteiger charge is 2.33. The van der Waals surface area contributed by atoms with Crippen molar-refractivity contribution in [3.05, 3.63) is 58.4 Å². The molecule has 0 fully saturated rings. The van der Waals surface area contributed by atoms with Gasteiger partial charge in [-0.1, -0.05) is 17.7 Å². The minimum atomic E-state index is -4.79. The van der Waals surface area contributed by atoms with Crippen molar-refractivity contribution in [1.82, 2.24) is 0 Å². The van der Waals surface area contributed by atoms with Crippen LogP contribution in [0.25, 0.3) is 11.1 Å². The molecule has 2 aromatic carbocycles. The van der Waals surface area contributed by atoms with Crippen molar-refractivity contribution in [2.24, 2.45) is 0 Å². The van der Waals surface area contributed by atoms with Crippen LogP contribution in [0.4, 0.5) is 17.6 Å². The van der Waals surface area contributed by atoms with Crippen molar-refractivity contribution >= 4 is 17.6 Å². The molecule has 110 valence electrons. The second kappa shape index (κ2) is 5.37. The zero-order valence-electron chi connectivity index (χ0n) is 10.2. The summed E-state index contributed by atoms with van der Waals surface area (Å²) in [7, 11) is 0. The molecule has 0 aliphatic rings. The predicted molar refractivity (Wildman–Crippen MR) is 68.8 cm³/mol. The summed E-state index contributed by atoms with van der Waals surface area (Å²) in [6.45, 7) is 0. The van der Waals surface area contributed by atoms with Crippen molar-refractivity contribution < 1.29 is 27.5 Å². The van der Waals surface area contributed by atoms with Gasteiger partial charge in [0.2, 0.25) is 0 Å². The summed E-state index contributed by atoms with van der Waals surface area (Å²) in [5.74, 6) is -2.68. The van der Waals surface area contributed by atoms with Gasteiger partial charge in [-0.05, 0) is 41.5 Å². The number of benzene rings is 2. The molecule has 0 amide bonds. The maximum atomic E-state index is 13.5. The Morgan fingerprint density at radius 1 is 1.05 bits per heavy atom. The topological polar surface area (TPSA) is 37.3 Å². The molecule has 0 aliphatic heterocycles. The number of halogens is 5. The summed E-state index contributed by atoms with van der Waals surface area (Å²) in [4.78, 5) is 10.9. The van der Waals surface area contributed by atoms with E-state index in [0.29, 0.717) is 12.1 Å². The van der Waals surface area contributed by atoms with Gasteiger partial charge in [-0.15, -0.1) is 0 Å². The predicted octanol–water partition coefficient (Wildman–Crippen LogP) is 4.86. The number of hydrogen-bond donors (Lipinski definition) is 1. The first-order valence-electron chi connectivity index (χ1n) is 5.59. The minimum absolute atomic E-state index is 0.0882. The third-order valence-corrected chi connectivity index (χ3v) is 2.97. The van der Waals surface area contributed by atoms with E-state index >= 15 is 0 Å². The molecule has 0 atom stereocenters. The molecule has 0 aromatic heterocycles. The van der Waals surface area contributed by atoms with Crippen LogP contribution in [0, 0.1) is 5.82 Å². The highest BCUT2D eigenvalue weighted by molar-refractivity contribution is 6.31. The van der Waals surface area contributed by atoms with Gasteiger partial charge in [0.1, 0.15) is 5.82 Å². The summed E-state index contributed by atoms with van der Waals surface area (Å²) >= 11 is 5.75. The Hall–Kier alpha value is -2.08. The Morgan fingerprint density at radius 2 is 1.71 bits per heavy atom. The number of carboxylic acid groups (broad SMARTS) is 1. The smallest absolute Gasteiger partial charge is 0.419 e. The van der Waals surface area contributed by atoms with Gasteiger partial charge in [0.05, 0.1) is 11.1 Å². The molecule has 2 rings (SSSR count). The van der Waals surface area contributed by atoms with E-state index in [1.807, 2.05) is 0 Å². The molecule has 0 spiro atoms. The molecule has 1 N–H and O–H groups in total. The van der Waals surface area contributed by atoms with Gasteiger partial charge in [-0.25, -0.2) is 9.18 Å². The number of alkyl halides is 3. The lowest BCUT2D eigenvalue weighted by Gasteiger charge is -2.10. The van der Waals surface area contributed by atoms with Crippen LogP contribution in [0.5, 0.6) is 0 Å². The number of rotatable bonds is 2. The van der Waals surface area contributed by atoms with E-state index in [-0.39, 0.29) is 21.7 Å². The average Bonchev–Trinajstić information content (AvgIpc) is 2.36. The zero-order chi connectivity index (χ0) is 15.8. The van der Waals surface area contributed by atoms with E-state index in [2.05, 4.69) is 0 Å². The molecule has 2 nitrogen and oxygen atoms in total. The molecule has 0 bridgehead atoms. The van der Waals surface area contributed by atoms with Crippen LogP contribution < -0.4 is 0 Å². The molecular formula is C14H7ClF4O2. The Balaban J connectivity index is 2.53. The van der Waals surface area contributed by atoms with Crippen LogP contribution in [-0.2, 0) is 6.18 Å². The van der Waals surface area contributed by atoms with Crippen LogP contribution >= 0.6 is 11.6 Å². The third-order valence-electron chi connectivity index (χ3n) is 2.75. The van der Waals surface area contributed by atoms with E-state index in [0.717, 1.165) is 6.07 Å². The van der Waals surface area contributed by atoms with Crippen molar-refractivity contribution in [2.45, 2.75) is 6.18 Å². The van der Waals surface area contributed by atoms with Gasteiger partial charge in [0.25, 0.3) is 0 Å². The number of carbonyl (C=O) groups is 1. The minimum Gasteiger partial charge on any atom is -0.478 e. The lowest BCUT2D eigenvalue weighted by atomic mass is 10.0. The van der Waals surface area contributed by atoms with E-state index in [1.54, 1.807) is 0 Å². The van der Waals surface area contributed by atoms with Gasteiger partial charge < -0.3 is 5.11 Å². The van der Waals surface area contributed by atoms with E-state index in [1.165, 1.54) is 18.2 Å². The molecule has 7 heteroatoms. The number of hydrogen-bond acceptors (Lipinski definition) is 1. The first-order chi connectivity index (χ1) is 9.68. The van der Waals surface area contributed by atoms with E-state index in [4.69, 9.17) is 16.7 Å². The van der Waals surface area contributed by atoms with Gasteiger partial charge in [0.15, 0.2) is 0 Å². The Bertz CT molecular complexity index is 711. The Kier molecular flexibility index (Phi) is 3.91. The molecule has 0 saturated carbocycles. The van der Waals surface area contributed by atoms with Crippen LogP contribution in [0.15, 0.2) is 36.4 Å². The van der Waals surface area contributed by atoms with Gasteiger partial charge in [-0.2, -0.15) is 13.2 Å². The molecule has 0 heterocycles. The van der Waals surface area contributed by atoms with E-state index in [9.17, 15) is 22.4 Å². The highest BCUT2D eigenvalue weighted by Crippen LogP contribution is 2.34. The fourth-order valence-corrected chi connectivity index (χ4v) is 2.04. The third kappa shape index (κ3) is 3.33. The van der Waals surface area contributed by atoms with Gasteiger partial charge >= 0.3 is 12.1 Å². The molecule has 21 heavy (non-hydrogen) atoms. The lowest BCUT2D eigenvalue weighted by Crippen LogP contribution is -2.07. The normalized spacial score (nSPS) is 11.5. The monoisotopic (exact) mass is 318 g/mol. The first kappa shape index (κ1) is 15.3. The van der Waals surface area contributed by atoms with Crippen molar-refractivity contribution in [2.75, 3.05) is 0 Å². The van der Waals surface area contributed by atoms with Crippen molar-refractivity contribution in [3.63, 3.8) is 0 Å². The molecule has 0 unspecified atom stereocenters. The van der Waals surface area contributed by atoms with Crippen LogP contribution in [0.1, 0.15) is 15.9 Å². The SMILES string of the molecule is O=C(O)c1cc(Cl)cc(-c2ccc(C(F)(F)F)c(F)c2)c1. The van der Waals surface area contributed by atoms with Crippen molar-refractivity contribution in [1.29, 1.82) is 0 Å². The second-order valence-electron chi connectivity index (χ2n) is 4.23. The molecule has 0 radical (unpaired) electrons. The Morgan fingerprint density at radius 3 is 2.24 bits per heavy atom. The largest absolute Gasteiger partial charge is 0.478 e. The van der Waals surface area contributed by atoms with Crippen LogP contribution in [0.3, 0.4) is 0 Å². The fourth-order valence-electron chi connectivity index (χ4n) is 1.80. The summed E-state index contributed by atoms with van der Waals surface area (Å²) in [5, 5.41) is 8.99. The maximum Gasteiger partial charge on any atom is 0.419 e. The molecular weight excluding hydrogens is 312 g/mol. The average molecular weight is 319 g/mol. The first-order valence-corrected chi connectivity index (χ1v) is 5.97. The highest BCUT2D eigenvalue weighted by atomic mass is 35.5.